The molecule has 0 saturated carbocycles. The van der Waals surface area contributed by atoms with Crippen molar-refractivity contribution in [1.82, 2.24) is 5.32 Å². The van der Waals surface area contributed by atoms with Crippen LogP contribution in [0.15, 0.2) is 48.5 Å². The lowest BCUT2D eigenvalue weighted by Crippen LogP contribution is -2.32. The highest BCUT2D eigenvalue weighted by molar-refractivity contribution is 6.00. The minimum Gasteiger partial charge on any atom is -0.494 e. The third kappa shape index (κ3) is 4.71. The van der Waals surface area contributed by atoms with Crippen LogP contribution in [0.2, 0.25) is 0 Å². The summed E-state index contributed by atoms with van der Waals surface area (Å²) in [6, 6.07) is 15.7. The van der Waals surface area contributed by atoms with Gasteiger partial charge in [0.1, 0.15) is 5.75 Å². The average Bonchev–Trinajstić information content (AvgIpc) is 3.09. The maximum atomic E-state index is 12.5. The Bertz CT molecular complexity index is 813. The molecule has 1 aliphatic heterocycles. The summed E-state index contributed by atoms with van der Waals surface area (Å²) in [5.41, 5.74) is 3.14. The summed E-state index contributed by atoms with van der Waals surface area (Å²) in [5, 5.41) is 2.97. The lowest BCUT2D eigenvalue weighted by molar-refractivity contribution is -0.126. The molecular weight excluding hydrogens is 352 g/mol. The van der Waals surface area contributed by atoms with E-state index < -0.39 is 0 Å². The molecular formula is C23H28N2O3. The second kappa shape index (κ2) is 8.91. The maximum absolute atomic E-state index is 12.5. The fourth-order valence-corrected chi connectivity index (χ4v) is 3.38. The van der Waals surface area contributed by atoms with Crippen LogP contribution in [0.3, 0.4) is 0 Å². The van der Waals surface area contributed by atoms with Gasteiger partial charge < -0.3 is 15.0 Å². The van der Waals surface area contributed by atoms with Crippen molar-refractivity contribution in [2.45, 2.75) is 39.7 Å². The summed E-state index contributed by atoms with van der Waals surface area (Å²) in [5.74, 6) is 0.840. The fraction of sp³-hybridized carbons (Fsp3) is 0.391. The predicted molar refractivity (Wildman–Crippen MR) is 110 cm³/mol. The van der Waals surface area contributed by atoms with E-state index in [-0.39, 0.29) is 24.2 Å². The molecule has 0 unspecified atom stereocenters. The van der Waals surface area contributed by atoms with Gasteiger partial charge >= 0.3 is 0 Å². The summed E-state index contributed by atoms with van der Waals surface area (Å²) in [6.45, 7) is 7.73. The van der Waals surface area contributed by atoms with Crippen molar-refractivity contribution in [2.24, 2.45) is 5.92 Å². The molecule has 3 rings (SSSR count). The van der Waals surface area contributed by atoms with Crippen LogP contribution in [-0.2, 0) is 16.1 Å². The van der Waals surface area contributed by atoms with Gasteiger partial charge in [0.15, 0.2) is 0 Å². The lowest BCUT2D eigenvalue weighted by Gasteiger charge is -2.17. The Morgan fingerprint density at radius 3 is 2.43 bits per heavy atom. The van der Waals surface area contributed by atoms with E-state index in [9.17, 15) is 9.59 Å². The Balaban J connectivity index is 1.55. The number of nitrogens with one attached hydrogen (secondary N) is 1. The topological polar surface area (TPSA) is 58.6 Å². The monoisotopic (exact) mass is 380 g/mol. The molecule has 0 aliphatic carbocycles. The molecule has 28 heavy (non-hydrogen) atoms. The molecule has 0 bridgehead atoms. The Kier molecular flexibility index (Phi) is 6.34. The fourth-order valence-electron chi connectivity index (χ4n) is 3.38. The second-order valence-electron chi connectivity index (χ2n) is 7.45. The Labute approximate surface area is 166 Å². The molecule has 0 aromatic heterocycles. The molecule has 1 heterocycles. The lowest BCUT2D eigenvalue weighted by atomic mass is 10.0. The summed E-state index contributed by atoms with van der Waals surface area (Å²) in [4.78, 5) is 26.6. The molecule has 2 amide bonds. The summed E-state index contributed by atoms with van der Waals surface area (Å²) < 4.78 is 5.44. The predicted octanol–water partition coefficient (Wildman–Crippen LogP) is 3.88. The molecule has 1 fully saturated rings. The van der Waals surface area contributed by atoms with Crippen LogP contribution in [0.25, 0.3) is 0 Å². The van der Waals surface area contributed by atoms with Crippen LogP contribution in [0.5, 0.6) is 5.75 Å². The summed E-state index contributed by atoms with van der Waals surface area (Å²) in [6.07, 6.45) is 0.241. The number of nitrogens with zero attached hydrogens (tertiary/aromatic N) is 1. The first-order chi connectivity index (χ1) is 13.5. The average molecular weight is 380 g/mol. The summed E-state index contributed by atoms with van der Waals surface area (Å²) >= 11 is 0. The number of amides is 2. The van der Waals surface area contributed by atoms with Crippen molar-refractivity contribution in [3.05, 3.63) is 59.7 Å². The molecule has 1 saturated heterocycles. The quantitative estimate of drug-likeness (QED) is 0.793. The third-order valence-electron chi connectivity index (χ3n) is 5.07. The van der Waals surface area contributed by atoms with Crippen molar-refractivity contribution >= 4 is 17.5 Å². The maximum Gasteiger partial charge on any atom is 0.227 e. The SMILES string of the molecule is CCOc1ccc(N2C[C@@H](C(=O)NCc3ccc(C(C)C)cc3)CC2=O)cc1. The van der Waals surface area contributed by atoms with Gasteiger partial charge in [0, 0.05) is 25.2 Å². The molecule has 1 atom stereocenters. The molecule has 0 radical (unpaired) electrons. The highest BCUT2D eigenvalue weighted by Gasteiger charge is 2.35. The van der Waals surface area contributed by atoms with Gasteiger partial charge in [0.25, 0.3) is 0 Å². The van der Waals surface area contributed by atoms with Gasteiger partial charge in [-0.2, -0.15) is 0 Å². The number of rotatable bonds is 7. The van der Waals surface area contributed by atoms with Gasteiger partial charge in [0.05, 0.1) is 12.5 Å². The van der Waals surface area contributed by atoms with Crippen LogP contribution in [0, 0.1) is 5.92 Å². The first-order valence-electron chi connectivity index (χ1n) is 9.87. The standard InChI is InChI=1S/C23H28N2O3/c1-4-28-21-11-9-20(10-12-21)25-15-19(13-22(25)26)23(27)24-14-17-5-7-18(8-6-17)16(2)3/h5-12,16,19H,4,13-15H2,1-3H3,(H,24,27)/t19-/m0/s1. The van der Waals surface area contributed by atoms with Gasteiger partial charge in [-0.3, -0.25) is 9.59 Å². The van der Waals surface area contributed by atoms with Crippen LogP contribution in [0.1, 0.15) is 44.2 Å². The third-order valence-corrected chi connectivity index (χ3v) is 5.07. The number of hydrogen-bond acceptors (Lipinski definition) is 3. The van der Waals surface area contributed by atoms with Crippen LogP contribution < -0.4 is 15.0 Å². The van der Waals surface area contributed by atoms with E-state index in [1.165, 1.54) is 5.56 Å². The van der Waals surface area contributed by atoms with Crippen molar-refractivity contribution in [1.29, 1.82) is 0 Å². The number of carbonyl (C=O) groups is 2. The molecule has 1 aliphatic rings. The van der Waals surface area contributed by atoms with Gasteiger partial charge in [-0.05, 0) is 48.2 Å². The zero-order valence-corrected chi connectivity index (χ0v) is 16.8. The van der Waals surface area contributed by atoms with Crippen LogP contribution >= 0.6 is 0 Å². The molecule has 0 spiro atoms. The molecule has 2 aromatic carbocycles. The Morgan fingerprint density at radius 1 is 1.14 bits per heavy atom. The van der Waals surface area contributed by atoms with Crippen molar-refractivity contribution in [3.63, 3.8) is 0 Å². The zero-order valence-electron chi connectivity index (χ0n) is 16.8. The Hall–Kier alpha value is -2.82. The van der Waals surface area contributed by atoms with Crippen LogP contribution in [-0.4, -0.2) is 25.0 Å². The molecule has 1 N–H and O–H groups in total. The highest BCUT2D eigenvalue weighted by atomic mass is 16.5. The summed E-state index contributed by atoms with van der Waals surface area (Å²) in [7, 11) is 0. The van der Waals surface area contributed by atoms with E-state index in [4.69, 9.17) is 4.74 Å². The number of anilines is 1. The number of hydrogen-bond donors (Lipinski definition) is 1. The minimum absolute atomic E-state index is 0.0226. The van der Waals surface area contributed by atoms with Crippen LogP contribution in [0.4, 0.5) is 5.69 Å². The van der Waals surface area contributed by atoms with E-state index >= 15 is 0 Å². The molecule has 148 valence electrons. The van der Waals surface area contributed by atoms with E-state index in [0.717, 1.165) is 17.0 Å². The highest BCUT2D eigenvalue weighted by Crippen LogP contribution is 2.27. The van der Waals surface area contributed by atoms with Crippen molar-refractivity contribution in [2.75, 3.05) is 18.1 Å². The van der Waals surface area contributed by atoms with E-state index in [0.29, 0.717) is 25.6 Å². The van der Waals surface area contributed by atoms with Gasteiger partial charge in [-0.1, -0.05) is 38.1 Å². The normalized spacial score (nSPS) is 16.5. The van der Waals surface area contributed by atoms with Crippen molar-refractivity contribution in [3.8, 4) is 5.75 Å². The number of carbonyl (C=O) groups excluding carboxylic acids is 2. The minimum atomic E-state index is -0.325. The van der Waals surface area contributed by atoms with Gasteiger partial charge in [-0.25, -0.2) is 0 Å². The molecule has 2 aromatic rings. The molecule has 5 nitrogen and oxygen atoms in total. The van der Waals surface area contributed by atoms with Gasteiger partial charge in [-0.15, -0.1) is 0 Å². The van der Waals surface area contributed by atoms with Gasteiger partial charge in [0.2, 0.25) is 11.8 Å². The smallest absolute Gasteiger partial charge is 0.227 e. The second-order valence-corrected chi connectivity index (χ2v) is 7.45. The first kappa shape index (κ1) is 19.9. The van der Waals surface area contributed by atoms with E-state index in [1.54, 1.807) is 4.90 Å². The van der Waals surface area contributed by atoms with Crippen molar-refractivity contribution < 1.29 is 14.3 Å². The zero-order chi connectivity index (χ0) is 20.1. The number of ether oxygens (including phenoxy) is 1. The van der Waals surface area contributed by atoms with E-state index in [1.807, 2.05) is 43.3 Å². The molecule has 5 heteroatoms. The first-order valence-corrected chi connectivity index (χ1v) is 9.87. The Morgan fingerprint density at radius 2 is 1.82 bits per heavy atom. The van der Waals surface area contributed by atoms with E-state index in [2.05, 4.69) is 31.3 Å². The number of benzene rings is 2. The largest absolute Gasteiger partial charge is 0.494 e.